The summed E-state index contributed by atoms with van der Waals surface area (Å²) >= 11 is 0. The first-order valence-electron chi connectivity index (χ1n) is 7.69. The lowest BCUT2D eigenvalue weighted by Crippen LogP contribution is -2.20. The van der Waals surface area contributed by atoms with E-state index in [1.807, 2.05) is 12.1 Å². The molecule has 0 atom stereocenters. The molecule has 0 spiro atoms. The molecule has 0 amide bonds. The summed E-state index contributed by atoms with van der Waals surface area (Å²) in [5.41, 5.74) is 1.18. The molecular formula is C19H19NO5. The van der Waals surface area contributed by atoms with Crippen LogP contribution in [0.5, 0.6) is 23.0 Å². The highest BCUT2D eigenvalue weighted by Gasteiger charge is 2.15. The van der Waals surface area contributed by atoms with Crippen LogP contribution in [0.1, 0.15) is 5.56 Å². The van der Waals surface area contributed by atoms with Crippen molar-refractivity contribution in [1.29, 1.82) is 0 Å². The van der Waals surface area contributed by atoms with Crippen molar-refractivity contribution in [3.8, 4) is 23.0 Å². The summed E-state index contributed by atoms with van der Waals surface area (Å²) in [4.78, 5) is 12.4. The van der Waals surface area contributed by atoms with Crippen LogP contribution in [-0.4, -0.2) is 31.0 Å². The van der Waals surface area contributed by atoms with E-state index >= 15 is 0 Å². The molecule has 6 heteroatoms. The van der Waals surface area contributed by atoms with Crippen molar-refractivity contribution in [3.05, 3.63) is 58.4 Å². The Bertz CT molecular complexity index is 952. The molecule has 3 aromatic rings. The second-order valence-corrected chi connectivity index (χ2v) is 5.50. The van der Waals surface area contributed by atoms with E-state index in [1.54, 1.807) is 43.1 Å². The normalized spacial score (nSPS) is 10.7. The van der Waals surface area contributed by atoms with Crippen LogP contribution < -0.4 is 19.8 Å². The summed E-state index contributed by atoms with van der Waals surface area (Å²) in [6.07, 6.45) is 0. The van der Waals surface area contributed by atoms with Crippen molar-refractivity contribution in [2.75, 3.05) is 21.3 Å². The van der Waals surface area contributed by atoms with Gasteiger partial charge < -0.3 is 23.9 Å². The summed E-state index contributed by atoms with van der Waals surface area (Å²) < 4.78 is 17.6. The maximum Gasteiger partial charge on any atom is 0.255 e. The average Bonchev–Trinajstić information content (AvgIpc) is 2.64. The molecule has 0 fully saturated rings. The molecule has 0 bridgehead atoms. The van der Waals surface area contributed by atoms with Gasteiger partial charge in [-0.1, -0.05) is 12.1 Å². The average molecular weight is 341 g/mol. The highest BCUT2D eigenvalue weighted by Crippen LogP contribution is 2.38. The van der Waals surface area contributed by atoms with Gasteiger partial charge >= 0.3 is 0 Å². The van der Waals surface area contributed by atoms with Gasteiger partial charge in [-0.25, -0.2) is 0 Å². The number of aromatic hydroxyl groups is 1. The summed E-state index contributed by atoms with van der Waals surface area (Å²) in [7, 11) is 4.63. The minimum atomic E-state index is -0.287. The van der Waals surface area contributed by atoms with Crippen LogP contribution in [0, 0.1) is 0 Å². The molecule has 3 rings (SSSR count). The molecule has 0 saturated carbocycles. The van der Waals surface area contributed by atoms with E-state index in [-0.39, 0.29) is 11.3 Å². The fraction of sp³-hybridized carbons (Fsp3) is 0.211. The van der Waals surface area contributed by atoms with E-state index in [1.165, 1.54) is 13.2 Å². The van der Waals surface area contributed by atoms with Crippen LogP contribution in [0.2, 0.25) is 0 Å². The number of aromatic nitrogens is 1. The SMILES string of the molecule is COc1cc(Cn2c(=O)cc(O)c3ccccc32)cc(OC)c1OC. The smallest absolute Gasteiger partial charge is 0.255 e. The van der Waals surface area contributed by atoms with Gasteiger partial charge in [0.25, 0.3) is 5.56 Å². The molecule has 0 radical (unpaired) electrons. The van der Waals surface area contributed by atoms with Crippen LogP contribution in [-0.2, 0) is 6.54 Å². The lowest BCUT2D eigenvalue weighted by atomic mass is 10.1. The largest absolute Gasteiger partial charge is 0.507 e. The summed E-state index contributed by atoms with van der Waals surface area (Å²) in [5, 5.41) is 10.6. The molecule has 25 heavy (non-hydrogen) atoms. The van der Waals surface area contributed by atoms with Crippen LogP contribution >= 0.6 is 0 Å². The number of pyridine rings is 1. The molecule has 0 aliphatic rings. The molecule has 2 aromatic carbocycles. The minimum absolute atomic E-state index is 0.0262. The number of rotatable bonds is 5. The summed E-state index contributed by atoms with van der Waals surface area (Å²) in [5.74, 6) is 1.51. The Morgan fingerprint density at radius 2 is 1.60 bits per heavy atom. The number of hydrogen-bond acceptors (Lipinski definition) is 5. The highest BCUT2D eigenvalue weighted by atomic mass is 16.5. The predicted molar refractivity (Wildman–Crippen MR) is 95.1 cm³/mol. The first-order valence-corrected chi connectivity index (χ1v) is 7.69. The second-order valence-electron chi connectivity index (χ2n) is 5.50. The van der Waals surface area contributed by atoms with Crippen LogP contribution in [0.3, 0.4) is 0 Å². The van der Waals surface area contributed by atoms with E-state index in [0.29, 0.717) is 34.7 Å². The standard InChI is InChI=1S/C19H19NO5/c1-23-16-8-12(9-17(24-2)19(16)25-3)11-20-14-7-5-4-6-13(14)15(21)10-18(20)22/h4-10,21H,11H2,1-3H3. The van der Waals surface area contributed by atoms with Crippen molar-refractivity contribution in [2.45, 2.75) is 6.54 Å². The Morgan fingerprint density at radius 1 is 0.960 bits per heavy atom. The van der Waals surface area contributed by atoms with Gasteiger partial charge in [0.1, 0.15) is 5.75 Å². The number of nitrogens with zero attached hydrogens (tertiary/aromatic N) is 1. The van der Waals surface area contributed by atoms with Crippen molar-refractivity contribution in [3.63, 3.8) is 0 Å². The van der Waals surface area contributed by atoms with Crippen molar-refractivity contribution < 1.29 is 19.3 Å². The number of hydrogen-bond donors (Lipinski definition) is 1. The molecule has 0 saturated heterocycles. The Labute approximate surface area is 144 Å². The Kier molecular flexibility index (Phi) is 4.52. The van der Waals surface area contributed by atoms with E-state index in [9.17, 15) is 9.90 Å². The summed E-state index contributed by atoms with van der Waals surface area (Å²) in [6.45, 7) is 0.302. The quantitative estimate of drug-likeness (QED) is 0.773. The van der Waals surface area contributed by atoms with Crippen molar-refractivity contribution in [2.24, 2.45) is 0 Å². The number of methoxy groups -OCH3 is 3. The van der Waals surface area contributed by atoms with Crippen LogP contribution in [0.4, 0.5) is 0 Å². The van der Waals surface area contributed by atoms with Gasteiger partial charge in [0, 0.05) is 11.5 Å². The van der Waals surface area contributed by atoms with Gasteiger partial charge in [0.05, 0.1) is 33.4 Å². The predicted octanol–water partition coefficient (Wildman–Crippen LogP) is 2.78. The molecule has 0 aliphatic heterocycles. The number of ether oxygens (including phenoxy) is 3. The van der Waals surface area contributed by atoms with Gasteiger partial charge in [-0.05, 0) is 29.8 Å². The van der Waals surface area contributed by atoms with Crippen molar-refractivity contribution >= 4 is 10.9 Å². The Balaban J connectivity index is 2.15. The second kappa shape index (κ2) is 6.76. The van der Waals surface area contributed by atoms with Gasteiger partial charge in [-0.15, -0.1) is 0 Å². The zero-order valence-electron chi connectivity index (χ0n) is 14.3. The fourth-order valence-corrected chi connectivity index (χ4v) is 2.89. The van der Waals surface area contributed by atoms with E-state index in [2.05, 4.69) is 0 Å². The lowest BCUT2D eigenvalue weighted by Gasteiger charge is -2.16. The van der Waals surface area contributed by atoms with Crippen LogP contribution in [0.25, 0.3) is 10.9 Å². The zero-order valence-corrected chi connectivity index (χ0v) is 14.3. The Morgan fingerprint density at radius 3 is 2.20 bits per heavy atom. The van der Waals surface area contributed by atoms with Crippen LogP contribution in [0.15, 0.2) is 47.3 Å². The van der Waals surface area contributed by atoms with Gasteiger partial charge in [-0.2, -0.15) is 0 Å². The van der Waals surface area contributed by atoms with E-state index < -0.39 is 0 Å². The van der Waals surface area contributed by atoms with Crippen molar-refractivity contribution in [1.82, 2.24) is 4.57 Å². The minimum Gasteiger partial charge on any atom is -0.507 e. The van der Waals surface area contributed by atoms with Gasteiger partial charge in [-0.3, -0.25) is 4.79 Å². The number of fused-ring (bicyclic) bond motifs is 1. The summed E-state index contributed by atoms with van der Waals surface area (Å²) in [6, 6.07) is 12.0. The molecule has 6 nitrogen and oxygen atoms in total. The zero-order chi connectivity index (χ0) is 18.0. The molecule has 130 valence electrons. The molecule has 1 aromatic heterocycles. The third-order valence-electron chi connectivity index (χ3n) is 4.06. The molecule has 1 heterocycles. The third kappa shape index (κ3) is 2.98. The van der Waals surface area contributed by atoms with E-state index in [0.717, 1.165) is 5.56 Å². The fourth-order valence-electron chi connectivity index (χ4n) is 2.89. The third-order valence-corrected chi connectivity index (χ3v) is 4.06. The first kappa shape index (κ1) is 16.7. The maximum atomic E-state index is 12.4. The van der Waals surface area contributed by atoms with Gasteiger partial charge in [0.15, 0.2) is 11.5 Å². The molecule has 0 unspecified atom stereocenters. The Hall–Kier alpha value is -3.15. The number of benzene rings is 2. The molecule has 1 N–H and O–H groups in total. The monoisotopic (exact) mass is 341 g/mol. The topological polar surface area (TPSA) is 69.9 Å². The van der Waals surface area contributed by atoms with Gasteiger partial charge in [0.2, 0.25) is 5.75 Å². The number of para-hydroxylation sites is 1. The highest BCUT2D eigenvalue weighted by molar-refractivity contribution is 5.85. The molecule has 0 aliphatic carbocycles. The molecular weight excluding hydrogens is 322 g/mol. The maximum absolute atomic E-state index is 12.4. The van der Waals surface area contributed by atoms with E-state index in [4.69, 9.17) is 14.2 Å². The first-order chi connectivity index (χ1) is 12.1. The lowest BCUT2D eigenvalue weighted by molar-refractivity contribution is 0.323.